The van der Waals surface area contributed by atoms with E-state index in [1.54, 1.807) is 0 Å². The second kappa shape index (κ2) is 3.88. The van der Waals surface area contributed by atoms with Crippen molar-refractivity contribution in [1.29, 1.82) is 0 Å². The summed E-state index contributed by atoms with van der Waals surface area (Å²) in [5, 5.41) is 3.42. The van der Waals surface area contributed by atoms with Crippen molar-refractivity contribution in [2.75, 3.05) is 5.73 Å². The molecule has 1 aromatic carbocycles. The van der Waals surface area contributed by atoms with Crippen LogP contribution in [-0.4, -0.2) is 9.78 Å². The van der Waals surface area contributed by atoms with Crippen LogP contribution in [-0.2, 0) is 0 Å². The van der Waals surface area contributed by atoms with Crippen LogP contribution in [0.4, 0.5) is 18.9 Å². The molecule has 0 amide bonds. The molecule has 0 aliphatic rings. The summed E-state index contributed by atoms with van der Waals surface area (Å²) >= 11 is 0. The van der Waals surface area contributed by atoms with Crippen molar-refractivity contribution < 1.29 is 13.2 Å². The molecule has 6 heteroatoms. The second-order valence-corrected chi connectivity index (χ2v) is 3.23. The van der Waals surface area contributed by atoms with Gasteiger partial charge < -0.3 is 5.73 Å². The third-order valence-corrected chi connectivity index (χ3v) is 2.10. The van der Waals surface area contributed by atoms with Crippen molar-refractivity contribution >= 4 is 5.69 Å². The van der Waals surface area contributed by atoms with E-state index < -0.39 is 12.4 Å². The standard InChI is InChI=1S/C10H8F3N3/c11-9-2-1-7(14)3-8(9)6-4-15-16(5-6)10(12)13/h1-5,10H,14H2. The highest BCUT2D eigenvalue weighted by Crippen LogP contribution is 2.25. The Bertz CT molecular complexity index is 508. The summed E-state index contributed by atoms with van der Waals surface area (Å²) in [6, 6.07) is 3.96. The maximum absolute atomic E-state index is 13.4. The molecule has 84 valence electrons. The smallest absolute Gasteiger partial charge is 0.333 e. The first-order valence-electron chi connectivity index (χ1n) is 4.45. The summed E-state index contributed by atoms with van der Waals surface area (Å²) in [4.78, 5) is 0. The fourth-order valence-electron chi connectivity index (χ4n) is 1.35. The summed E-state index contributed by atoms with van der Waals surface area (Å²) in [6.45, 7) is -2.74. The molecule has 0 spiro atoms. The molecule has 2 aromatic rings. The number of nitrogens with zero attached hydrogens (tertiary/aromatic N) is 2. The number of anilines is 1. The number of hydrogen-bond donors (Lipinski definition) is 1. The maximum atomic E-state index is 13.4. The van der Waals surface area contributed by atoms with Gasteiger partial charge in [-0.05, 0) is 18.2 Å². The van der Waals surface area contributed by atoms with E-state index >= 15 is 0 Å². The zero-order valence-corrected chi connectivity index (χ0v) is 8.07. The first-order valence-corrected chi connectivity index (χ1v) is 4.45. The molecular weight excluding hydrogens is 219 g/mol. The van der Waals surface area contributed by atoms with Gasteiger partial charge in [0.15, 0.2) is 0 Å². The average Bonchev–Trinajstić information content (AvgIpc) is 2.70. The molecule has 0 bridgehead atoms. The minimum atomic E-state index is -2.74. The molecule has 2 N–H and O–H groups in total. The van der Waals surface area contributed by atoms with Crippen LogP contribution >= 0.6 is 0 Å². The van der Waals surface area contributed by atoms with E-state index in [1.165, 1.54) is 24.4 Å². The number of benzene rings is 1. The van der Waals surface area contributed by atoms with Gasteiger partial charge in [-0.3, -0.25) is 0 Å². The third-order valence-electron chi connectivity index (χ3n) is 2.10. The molecule has 2 rings (SSSR count). The van der Waals surface area contributed by atoms with Crippen molar-refractivity contribution in [3.8, 4) is 11.1 Å². The quantitative estimate of drug-likeness (QED) is 0.801. The predicted molar refractivity (Wildman–Crippen MR) is 53.3 cm³/mol. The summed E-state index contributed by atoms with van der Waals surface area (Å²) < 4.78 is 38.4. The molecule has 0 atom stereocenters. The van der Waals surface area contributed by atoms with Crippen molar-refractivity contribution in [2.24, 2.45) is 0 Å². The molecule has 1 aromatic heterocycles. The molecule has 0 aliphatic heterocycles. The molecule has 0 saturated heterocycles. The Morgan fingerprint density at radius 3 is 2.69 bits per heavy atom. The minimum Gasteiger partial charge on any atom is -0.399 e. The van der Waals surface area contributed by atoms with E-state index in [-0.39, 0.29) is 11.1 Å². The highest BCUT2D eigenvalue weighted by Gasteiger charge is 2.11. The van der Waals surface area contributed by atoms with Crippen LogP contribution in [0.1, 0.15) is 6.55 Å². The molecule has 3 nitrogen and oxygen atoms in total. The predicted octanol–water partition coefficient (Wildman–Crippen LogP) is 2.67. The molecule has 0 radical (unpaired) electrons. The van der Waals surface area contributed by atoms with Crippen molar-refractivity contribution in [1.82, 2.24) is 9.78 Å². The van der Waals surface area contributed by atoms with E-state index in [0.717, 1.165) is 6.20 Å². The number of alkyl halides is 2. The van der Waals surface area contributed by atoms with Gasteiger partial charge in [0.1, 0.15) is 5.82 Å². The van der Waals surface area contributed by atoms with E-state index in [0.29, 0.717) is 10.4 Å². The monoisotopic (exact) mass is 227 g/mol. The van der Waals surface area contributed by atoms with Crippen LogP contribution in [0, 0.1) is 5.82 Å². The van der Waals surface area contributed by atoms with Crippen molar-refractivity contribution in [2.45, 2.75) is 6.55 Å². The number of rotatable bonds is 2. The first kappa shape index (κ1) is 10.5. The summed E-state index contributed by atoms with van der Waals surface area (Å²) in [5.41, 5.74) is 6.28. The summed E-state index contributed by atoms with van der Waals surface area (Å²) in [6.07, 6.45) is 2.24. The van der Waals surface area contributed by atoms with E-state index in [9.17, 15) is 13.2 Å². The second-order valence-electron chi connectivity index (χ2n) is 3.23. The minimum absolute atomic E-state index is 0.159. The Hall–Kier alpha value is -1.98. The zero-order chi connectivity index (χ0) is 11.7. The Morgan fingerprint density at radius 2 is 2.06 bits per heavy atom. The van der Waals surface area contributed by atoms with E-state index in [4.69, 9.17) is 5.73 Å². The van der Waals surface area contributed by atoms with Crippen LogP contribution in [0.5, 0.6) is 0 Å². The van der Waals surface area contributed by atoms with E-state index in [1.807, 2.05) is 0 Å². The molecule has 0 unspecified atom stereocenters. The largest absolute Gasteiger partial charge is 0.399 e. The number of hydrogen-bond acceptors (Lipinski definition) is 2. The average molecular weight is 227 g/mol. The van der Waals surface area contributed by atoms with Crippen LogP contribution in [0.2, 0.25) is 0 Å². The van der Waals surface area contributed by atoms with Gasteiger partial charge in [-0.1, -0.05) is 0 Å². The topological polar surface area (TPSA) is 43.8 Å². The Morgan fingerprint density at radius 1 is 1.31 bits per heavy atom. The molecule has 0 saturated carbocycles. The summed E-state index contributed by atoms with van der Waals surface area (Å²) in [7, 11) is 0. The third kappa shape index (κ3) is 1.86. The van der Waals surface area contributed by atoms with Crippen LogP contribution in [0.3, 0.4) is 0 Å². The molecule has 0 fully saturated rings. The zero-order valence-electron chi connectivity index (χ0n) is 8.07. The number of nitrogen functional groups attached to an aromatic ring is 1. The lowest BCUT2D eigenvalue weighted by atomic mass is 10.1. The molecule has 16 heavy (non-hydrogen) atoms. The van der Waals surface area contributed by atoms with Gasteiger partial charge in [0.25, 0.3) is 0 Å². The van der Waals surface area contributed by atoms with Gasteiger partial charge in [-0.2, -0.15) is 13.9 Å². The Labute approximate surface area is 89.3 Å². The van der Waals surface area contributed by atoms with Crippen molar-refractivity contribution in [3.05, 3.63) is 36.4 Å². The Kier molecular flexibility index (Phi) is 2.55. The molecular formula is C10H8F3N3. The van der Waals surface area contributed by atoms with Gasteiger partial charge in [-0.15, -0.1) is 0 Å². The van der Waals surface area contributed by atoms with Gasteiger partial charge in [0.05, 0.1) is 6.20 Å². The number of nitrogens with two attached hydrogens (primary N) is 1. The molecule has 0 aliphatic carbocycles. The number of aromatic nitrogens is 2. The highest BCUT2D eigenvalue weighted by atomic mass is 19.3. The van der Waals surface area contributed by atoms with Gasteiger partial charge in [0.2, 0.25) is 0 Å². The van der Waals surface area contributed by atoms with Gasteiger partial charge >= 0.3 is 6.55 Å². The number of halogens is 3. The lowest BCUT2D eigenvalue weighted by Gasteiger charge is -2.01. The van der Waals surface area contributed by atoms with Crippen LogP contribution < -0.4 is 5.73 Å². The van der Waals surface area contributed by atoms with Crippen LogP contribution in [0.25, 0.3) is 11.1 Å². The molecule has 1 heterocycles. The first-order chi connectivity index (χ1) is 7.58. The lowest BCUT2D eigenvalue weighted by molar-refractivity contribution is 0.0566. The fourth-order valence-corrected chi connectivity index (χ4v) is 1.35. The van der Waals surface area contributed by atoms with Gasteiger partial charge in [-0.25, -0.2) is 9.07 Å². The lowest BCUT2D eigenvalue weighted by Crippen LogP contribution is -1.96. The highest BCUT2D eigenvalue weighted by molar-refractivity contribution is 5.66. The van der Waals surface area contributed by atoms with Crippen molar-refractivity contribution in [3.63, 3.8) is 0 Å². The summed E-state index contributed by atoms with van der Waals surface area (Å²) in [5.74, 6) is -0.525. The van der Waals surface area contributed by atoms with Crippen LogP contribution in [0.15, 0.2) is 30.6 Å². The van der Waals surface area contributed by atoms with Gasteiger partial charge in [0, 0.05) is 23.0 Å². The maximum Gasteiger partial charge on any atom is 0.333 e. The SMILES string of the molecule is Nc1ccc(F)c(-c2cnn(C(F)F)c2)c1. The van der Waals surface area contributed by atoms with E-state index in [2.05, 4.69) is 5.10 Å². The normalized spacial score (nSPS) is 11.0. The fraction of sp³-hybridized carbons (Fsp3) is 0.100. The Balaban J connectivity index is 2.46.